The van der Waals surface area contributed by atoms with Gasteiger partial charge in [-0.1, -0.05) is 11.6 Å². The molecule has 1 amide bonds. The van der Waals surface area contributed by atoms with Crippen molar-refractivity contribution in [3.05, 3.63) is 78.5 Å². The minimum absolute atomic E-state index is 0.0526. The number of thiazole rings is 1. The lowest BCUT2D eigenvalue weighted by Crippen LogP contribution is -2.29. The number of phenolic OH excluding ortho intramolecular Hbond substituents is 1. The van der Waals surface area contributed by atoms with E-state index in [1.54, 1.807) is 35.8 Å². The maximum Gasteiger partial charge on any atom is 0.297 e. The Morgan fingerprint density at radius 1 is 1.29 bits per heavy atom. The van der Waals surface area contributed by atoms with Crippen LogP contribution in [-0.4, -0.2) is 23.1 Å². The van der Waals surface area contributed by atoms with Crippen molar-refractivity contribution in [3.8, 4) is 11.5 Å². The number of amides is 1. The summed E-state index contributed by atoms with van der Waals surface area (Å²) in [6.45, 7) is 0. The van der Waals surface area contributed by atoms with Gasteiger partial charge >= 0.3 is 0 Å². The molecule has 0 saturated carbocycles. The van der Waals surface area contributed by atoms with Crippen LogP contribution in [0.4, 0.5) is 5.13 Å². The molecule has 2 aromatic heterocycles. The zero-order valence-electron chi connectivity index (χ0n) is 15.8. The van der Waals surface area contributed by atoms with E-state index in [-0.39, 0.29) is 39.2 Å². The molecule has 156 valence electrons. The van der Waals surface area contributed by atoms with Crippen LogP contribution in [0.1, 0.15) is 27.7 Å². The lowest BCUT2D eigenvalue weighted by Gasteiger charge is -2.23. The summed E-state index contributed by atoms with van der Waals surface area (Å²) in [6, 6.07) is 7.05. The molecule has 7 nitrogen and oxygen atoms in total. The van der Waals surface area contributed by atoms with Gasteiger partial charge in [0.05, 0.1) is 28.6 Å². The standard InChI is InChI=1S/C21H12BrClN2O5S/c1-29-14-7-9(6-12(22)18(14)27)16-15-17(26)11-8-10(23)2-3-13(11)30-19(15)20(28)25(16)21-24-4-5-31-21/h2-8,16,27H,1H3. The van der Waals surface area contributed by atoms with Gasteiger partial charge in [0.2, 0.25) is 5.76 Å². The minimum Gasteiger partial charge on any atom is -0.503 e. The Hall–Kier alpha value is -2.88. The number of anilines is 1. The normalized spacial score (nSPS) is 15.5. The molecule has 1 aliphatic rings. The quantitative estimate of drug-likeness (QED) is 0.403. The van der Waals surface area contributed by atoms with Crippen LogP contribution in [0, 0.1) is 0 Å². The van der Waals surface area contributed by atoms with E-state index in [9.17, 15) is 14.7 Å². The first-order valence-corrected chi connectivity index (χ1v) is 11.0. The lowest BCUT2D eigenvalue weighted by atomic mass is 9.98. The van der Waals surface area contributed by atoms with E-state index >= 15 is 0 Å². The smallest absolute Gasteiger partial charge is 0.297 e. The van der Waals surface area contributed by atoms with Crippen LogP contribution in [0.5, 0.6) is 11.5 Å². The van der Waals surface area contributed by atoms with Crippen LogP contribution in [0.2, 0.25) is 5.02 Å². The number of benzene rings is 2. The number of hydrogen-bond donors (Lipinski definition) is 1. The first-order chi connectivity index (χ1) is 14.9. The van der Waals surface area contributed by atoms with Crippen molar-refractivity contribution in [2.75, 3.05) is 12.0 Å². The number of aromatic hydroxyl groups is 1. The fourth-order valence-electron chi connectivity index (χ4n) is 3.70. The Morgan fingerprint density at radius 2 is 2.10 bits per heavy atom. The highest BCUT2D eigenvalue weighted by atomic mass is 79.9. The first kappa shape index (κ1) is 20.0. The number of carbonyl (C=O) groups excluding carboxylic acids is 1. The zero-order valence-corrected chi connectivity index (χ0v) is 18.9. The third kappa shape index (κ3) is 3.03. The van der Waals surface area contributed by atoms with Crippen LogP contribution in [-0.2, 0) is 0 Å². The number of rotatable bonds is 3. The fraction of sp³-hybridized carbons (Fsp3) is 0.0952. The van der Waals surface area contributed by atoms with E-state index in [0.29, 0.717) is 20.2 Å². The second-order valence-electron chi connectivity index (χ2n) is 6.76. The Kier molecular flexibility index (Phi) is 4.76. The van der Waals surface area contributed by atoms with Gasteiger partial charge in [0.15, 0.2) is 22.1 Å². The number of nitrogens with zero attached hydrogens (tertiary/aromatic N) is 2. The summed E-state index contributed by atoms with van der Waals surface area (Å²) in [7, 11) is 1.42. The molecule has 10 heteroatoms. The Morgan fingerprint density at radius 3 is 2.81 bits per heavy atom. The van der Waals surface area contributed by atoms with Gasteiger partial charge in [-0.25, -0.2) is 4.98 Å². The van der Waals surface area contributed by atoms with Crippen molar-refractivity contribution in [3.63, 3.8) is 0 Å². The van der Waals surface area contributed by atoms with E-state index < -0.39 is 11.9 Å². The van der Waals surface area contributed by atoms with Gasteiger partial charge in [-0.05, 0) is 51.8 Å². The number of carbonyl (C=O) groups is 1. The summed E-state index contributed by atoms with van der Waals surface area (Å²) in [5.74, 6) is -0.429. The predicted molar refractivity (Wildman–Crippen MR) is 121 cm³/mol. The first-order valence-electron chi connectivity index (χ1n) is 8.96. The third-order valence-corrected chi connectivity index (χ3v) is 6.65. The molecule has 0 aliphatic carbocycles. The zero-order chi connectivity index (χ0) is 21.9. The summed E-state index contributed by atoms with van der Waals surface area (Å²) < 4.78 is 11.5. The van der Waals surface area contributed by atoms with Gasteiger partial charge < -0.3 is 14.3 Å². The summed E-state index contributed by atoms with van der Waals surface area (Å²) in [6.07, 6.45) is 1.58. The van der Waals surface area contributed by atoms with Gasteiger partial charge in [-0.2, -0.15) is 0 Å². The van der Waals surface area contributed by atoms with Gasteiger partial charge in [0.25, 0.3) is 5.91 Å². The molecule has 5 rings (SSSR count). The average Bonchev–Trinajstić information content (AvgIpc) is 3.37. The summed E-state index contributed by atoms with van der Waals surface area (Å²) in [5, 5.41) is 13.0. The average molecular weight is 520 g/mol. The molecule has 1 atom stereocenters. The molecule has 0 radical (unpaired) electrons. The highest BCUT2D eigenvalue weighted by molar-refractivity contribution is 9.10. The second-order valence-corrected chi connectivity index (χ2v) is 8.92. The van der Waals surface area contributed by atoms with E-state index in [2.05, 4.69) is 20.9 Å². The maximum atomic E-state index is 13.5. The monoisotopic (exact) mass is 518 g/mol. The van der Waals surface area contributed by atoms with Crippen molar-refractivity contribution in [1.82, 2.24) is 4.98 Å². The van der Waals surface area contributed by atoms with Gasteiger partial charge in [0, 0.05) is 16.6 Å². The second kappa shape index (κ2) is 7.37. The van der Waals surface area contributed by atoms with Gasteiger partial charge in [-0.15, -0.1) is 11.3 Å². The van der Waals surface area contributed by atoms with Crippen molar-refractivity contribution in [2.45, 2.75) is 6.04 Å². The lowest BCUT2D eigenvalue weighted by molar-refractivity contribution is 0.0971. The number of fused-ring (bicyclic) bond motifs is 2. The van der Waals surface area contributed by atoms with Crippen LogP contribution in [0.15, 0.2) is 55.6 Å². The van der Waals surface area contributed by atoms with E-state index in [1.807, 2.05) is 0 Å². The van der Waals surface area contributed by atoms with E-state index in [1.165, 1.54) is 29.4 Å². The molecule has 1 unspecified atom stereocenters. The number of ether oxygens (including phenoxy) is 1. The van der Waals surface area contributed by atoms with Crippen molar-refractivity contribution in [2.24, 2.45) is 0 Å². The minimum atomic E-state index is -0.834. The number of halogens is 2. The van der Waals surface area contributed by atoms with Crippen LogP contribution < -0.4 is 15.1 Å². The fourth-order valence-corrected chi connectivity index (χ4v) is 5.00. The van der Waals surface area contributed by atoms with Crippen LogP contribution in [0.3, 0.4) is 0 Å². The maximum absolute atomic E-state index is 13.5. The van der Waals surface area contributed by atoms with Gasteiger partial charge in [0.1, 0.15) is 5.58 Å². The molecule has 2 aromatic carbocycles. The van der Waals surface area contributed by atoms with Crippen LogP contribution in [0.25, 0.3) is 11.0 Å². The molecule has 0 spiro atoms. The Bertz CT molecular complexity index is 1420. The number of hydrogen-bond acceptors (Lipinski definition) is 7. The van der Waals surface area contributed by atoms with Crippen molar-refractivity contribution < 1.29 is 19.1 Å². The Balaban J connectivity index is 1.85. The molecule has 3 heterocycles. The molecule has 31 heavy (non-hydrogen) atoms. The van der Waals surface area contributed by atoms with E-state index in [4.69, 9.17) is 20.8 Å². The molecular weight excluding hydrogens is 508 g/mol. The summed E-state index contributed by atoms with van der Waals surface area (Å²) >= 11 is 10.7. The van der Waals surface area contributed by atoms with Crippen molar-refractivity contribution >= 4 is 60.9 Å². The molecule has 0 saturated heterocycles. The number of methoxy groups -OCH3 is 1. The largest absolute Gasteiger partial charge is 0.503 e. The predicted octanol–water partition coefficient (Wildman–Crippen LogP) is 5.13. The van der Waals surface area contributed by atoms with E-state index in [0.717, 1.165) is 0 Å². The molecule has 4 aromatic rings. The summed E-state index contributed by atoms with van der Waals surface area (Å²) in [4.78, 5) is 32.6. The summed E-state index contributed by atoms with van der Waals surface area (Å²) in [5.41, 5.74) is 0.622. The van der Waals surface area contributed by atoms with Crippen LogP contribution >= 0.6 is 38.9 Å². The van der Waals surface area contributed by atoms with Crippen molar-refractivity contribution in [1.29, 1.82) is 0 Å². The molecule has 1 N–H and O–H groups in total. The number of aromatic nitrogens is 1. The molecular formula is C21H12BrClN2O5S. The molecule has 0 fully saturated rings. The van der Waals surface area contributed by atoms with Gasteiger partial charge in [-0.3, -0.25) is 14.5 Å². The highest BCUT2D eigenvalue weighted by Crippen LogP contribution is 2.45. The topological polar surface area (TPSA) is 92.9 Å². The number of phenols is 1. The molecule has 1 aliphatic heterocycles. The SMILES string of the molecule is COc1cc(C2c3c(oc4ccc(Cl)cc4c3=O)C(=O)N2c2nccs2)cc(Br)c1O. The highest BCUT2D eigenvalue weighted by Gasteiger charge is 2.45. The molecule has 0 bridgehead atoms. The Labute approximate surface area is 192 Å². The third-order valence-electron chi connectivity index (χ3n) is 5.04.